The van der Waals surface area contributed by atoms with Gasteiger partial charge in [0.2, 0.25) is 0 Å². The summed E-state index contributed by atoms with van der Waals surface area (Å²) in [6, 6.07) is 7.25. The van der Waals surface area contributed by atoms with E-state index in [1.807, 2.05) is 19.2 Å². The zero-order valence-corrected chi connectivity index (χ0v) is 11.1. The van der Waals surface area contributed by atoms with E-state index in [1.165, 1.54) is 6.26 Å². The normalized spacial score (nSPS) is 13.3. The maximum absolute atomic E-state index is 11.5. The Morgan fingerprint density at radius 3 is 2.71 bits per heavy atom. The maximum atomic E-state index is 11.5. The van der Waals surface area contributed by atoms with Crippen LogP contribution in [-0.4, -0.2) is 21.7 Å². The van der Waals surface area contributed by atoms with Crippen molar-refractivity contribution in [3.05, 3.63) is 42.5 Å². The fraction of sp³-hybridized carbons (Fsp3) is 0.385. The molecule has 1 rings (SSSR count). The van der Waals surface area contributed by atoms with Gasteiger partial charge in [0.15, 0.2) is 9.84 Å². The van der Waals surface area contributed by atoms with Gasteiger partial charge >= 0.3 is 0 Å². The van der Waals surface area contributed by atoms with Crippen LogP contribution in [0.2, 0.25) is 0 Å². The Bertz CT molecular complexity index is 480. The number of nitrogens with one attached hydrogen (secondary N) is 1. The fourth-order valence-corrected chi connectivity index (χ4v) is 2.40. The molecule has 1 atom stereocenters. The first-order chi connectivity index (χ1) is 7.99. The van der Waals surface area contributed by atoms with Crippen molar-refractivity contribution in [2.24, 2.45) is 0 Å². The minimum atomic E-state index is -3.14. The summed E-state index contributed by atoms with van der Waals surface area (Å²) in [4.78, 5) is 0.369. The second-order valence-electron chi connectivity index (χ2n) is 4.05. The molecule has 0 radical (unpaired) electrons. The average molecular weight is 253 g/mol. The number of sulfone groups is 1. The predicted molar refractivity (Wildman–Crippen MR) is 70.8 cm³/mol. The van der Waals surface area contributed by atoms with Crippen LogP contribution in [0.4, 0.5) is 0 Å². The largest absolute Gasteiger partial charge is 0.313 e. The molecule has 0 aliphatic carbocycles. The fourth-order valence-electron chi connectivity index (χ4n) is 1.72. The first-order valence-electron chi connectivity index (χ1n) is 5.57. The second-order valence-corrected chi connectivity index (χ2v) is 6.07. The summed E-state index contributed by atoms with van der Waals surface area (Å²) in [5.74, 6) is 0. The van der Waals surface area contributed by atoms with Gasteiger partial charge in [-0.15, -0.1) is 6.58 Å². The number of hydrogen-bond donors (Lipinski definition) is 1. The summed E-state index contributed by atoms with van der Waals surface area (Å²) >= 11 is 0. The quantitative estimate of drug-likeness (QED) is 0.791. The highest BCUT2D eigenvalue weighted by Gasteiger charge is 2.12. The van der Waals surface area contributed by atoms with Crippen LogP contribution in [0.25, 0.3) is 0 Å². The first kappa shape index (κ1) is 13.9. The van der Waals surface area contributed by atoms with Crippen LogP contribution in [0.3, 0.4) is 0 Å². The van der Waals surface area contributed by atoms with E-state index in [9.17, 15) is 8.42 Å². The van der Waals surface area contributed by atoms with Gasteiger partial charge in [-0.2, -0.15) is 0 Å². The summed E-state index contributed by atoms with van der Waals surface area (Å²) in [7, 11) is -1.26. The summed E-state index contributed by atoms with van der Waals surface area (Å²) in [5.41, 5.74) is 0.997. The van der Waals surface area contributed by atoms with Crippen LogP contribution >= 0.6 is 0 Å². The molecule has 0 saturated carbocycles. The Morgan fingerprint density at radius 1 is 1.47 bits per heavy atom. The minimum Gasteiger partial charge on any atom is -0.313 e. The lowest BCUT2D eigenvalue weighted by Gasteiger charge is -2.16. The van der Waals surface area contributed by atoms with Crippen molar-refractivity contribution in [3.8, 4) is 0 Å². The standard InChI is InChI=1S/C13H19NO2S/c1-4-5-9-13(14-2)11-7-6-8-12(10-11)17(3,15)16/h4,6-8,10,13-14H,1,5,9H2,2-3H3. The van der Waals surface area contributed by atoms with E-state index < -0.39 is 9.84 Å². The molecule has 17 heavy (non-hydrogen) atoms. The molecular formula is C13H19NO2S. The third-order valence-corrected chi connectivity index (χ3v) is 3.81. The van der Waals surface area contributed by atoms with Crippen LogP contribution in [0.15, 0.2) is 41.8 Å². The predicted octanol–water partition coefficient (Wildman–Crippen LogP) is 2.32. The van der Waals surface area contributed by atoms with Crippen molar-refractivity contribution in [1.82, 2.24) is 5.32 Å². The van der Waals surface area contributed by atoms with Gasteiger partial charge in [0, 0.05) is 12.3 Å². The number of allylic oxidation sites excluding steroid dienone is 1. The van der Waals surface area contributed by atoms with E-state index in [0.717, 1.165) is 18.4 Å². The lowest BCUT2D eigenvalue weighted by molar-refractivity contribution is 0.553. The Kier molecular flexibility index (Phi) is 4.90. The number of benzene rings is 1. The van der Waals surface area contributed by atoms with Crippen LogP contribution in [0, 0.1) is 0 Å². The third-order valence-electron chi connectivity index (χ3n) is 2.70. The van der Waals surface area contributed by atoms with Crippen molar-refractivity contribution in [2.45, 2.75) is 23.8 Å². The van der Waals surface area contributed by atoms with Crippen molar-refractivity contribution in [1.29, 1.82) is 0 Å². The Balaban J connectivity index is 3.00. The van der Waals surface area contributed by atoms with Crippen molar-refractivity contribution < 1.29 is 8.42 Å². The summed E-state index contributed by atoms with van der Waals surface area (Å²) in [6.07, 6.45) is 4.90. The summed E-state index contributed by atoms with van der Waals surface area (Å²) in [6.45, 7) is 3.69. The molecule has 94 valence electrons. The highest BCUT2D eigenvalue weighted by molar-refractivity contribution is 7.90. The van der Waals surface area contributed by atoms with Crippen molar-refractivity contribution in [3.63, 3.8) is 0 Å². The van der Waals surface area contributed by atoms with E-state index in [0.29, 0.717) is 4.90 Å². The smallest absolute Gasteiger partial charge is 0.175 e. The molecular weight excluding hydrogens is 234 g/mol. The average Bonchev–Trinajstić information content (AvgIpc) is 2.29. The third kappa shape index (κ3) is 3.98. The lowest BCUT2D eigenvalue weighted by atomic mass is 10.0. The molecule has 0 saturated heterocycles. The molecule has 0 bridgehead atoms. The molecule has 3 nitrogen and oxygen atoms in total. The Morgan fingerprint density at radius 2 is 2.18 bits per heavy atom. The topological polar surface area (TPSA) is 46.2 Å². The Hall–Kier alpha value is -1.13. The van der Waals surface area contributed by atoms with E-state index in [1.54, 1.807) is 18.2 Å². The molecule has 0 aromatic heterocycles. The summed E-state index contributed by atoms with van der Waals surface area (Å²) < 4.78 is 22.9. The van der Waals surface area contributed by atoms with Gasteiger partial charge in [-0.25, -0.2) is 8.42 Å². The molecule has 0 aliphatic heterocycles. The van der Waals surface area contributed by atoms with Gasteiger partial charge in [0.05, 0.1) is 4.90 Å². The molecule has 1 unspecified atom stereocenters. The minimum absolute atomic E-state index is 0.162. The number of hydrogen-bond acceptors (Lipinski definition) is 3. The van der Waals surface area contributed by atoms with E-state index in [2.05, 4.69) is 11.9 Å². The summed E-state index contributed by atoms with van der Waals surface area (Å²) in [5, 5.41) is 3.19. The highest BCUT2D eigenvalue weighted by atomic mass is 32.2. The van der Waals surface area contributed by atoms with Crippen LogP contribution < -0.4 is 5.32 Å². The van der Waals surface area contributed by atoms with Crippen molar-refractivity contribution in [2.75, 3.05) is 13.3 Å². The molecule has 0 fully saturated rings. The zero-order valence-electron chi connectivity index (χ0n) is 10.3. The molecule has 1 aromatic carbocycles. The molecule has 0 spiro atoms. The van der Waals surface area contributed by atoms with E-state index in [-0.39, 0.29) is 6.04 Å². The van der Waals surface area contributed by atoms with E-state index >= 15 is 0 Å². The lowest BCUT2D eigenvalue weighted by Crippen LogP contribution is -2.16. The molecule has 0 aliphatic rings. The van der Waals surface area contributed by atoms with Gasteiger partial charge in [-0.3, -0.25) is 0 Å². The van der Waals surface area contributed by atoms with Gasteiger partial charge in [0.1, 0.15) is 0 Å². The monoisotopic (exact) mass is 253 g/mol. The van der Waals surface area contributed by atoms with E-state index in [4.69, 9.17) is 0 Å². The molecule has 1 N–H and O–H groups in total. The molecule has 0 amide bonds. The van der Waals surface area contributed by atoms with Crippen LogP contribution in [0.1, 0.15) is 24.4 Å². The molecule has 4 heteroatoms. The second kappa shape index (κ2) is 5.98. The van der Waals surface area contributed by atoms with Gasteiger partial charge in [-0.05, 0) is 37.6 Å². The molecule has 1 aromatic rings. The van der Waals surface area contributed by atoms with Gasteiger partial charge < -0.3 is 5.32 Å². The van der Waals surface area contributed by atoms with Gasteiger partial charge in [-0.1, -0.05) is 18.2 Å². The van der Waals surface area contributed by atoms with Crippen LogP contribution in [0.5, 0.6) is 0 Å². The highest BCUT2D eigenvalue weighted by Crippen LogP contribution is 2.21. The number of rotatable bonds is 6. The maximum Gasteiger partial charge on any atom is 0.175 e. The zero-order chi connectivity index (χ0) is 12.9. The Labute approximate surface area is 103 Å². The SMILES string of the molecule is C=CCCC(NC)c1cccc(S(C)(=O)=O)c1. The van der Waals surface area contributed by atoms with Crippen LogP contribution in [-0.2, 0) is 9.84 Å². The van der Waals surface area contributed by atoms with Gasteiger partial charge in [0.25, 0.3) is 0 Å². The van der Waals surface area contributed by atoms with Crippen molar-refractivity contribution >= 4 is 9.84 Å². The first-order valence-corrected chi connectivity index (χ1v) is 7.46. The molecule has 0 heterocycles.